The molecule has 0 unspecified atom stereocenters. The minimum absolute atomic E-state index is 0.119. The van der Waals surface area contributed by atoms with E-state index < -0.39 is 16.7 Å². The third-order valence-corrected chi connectivity index (χ3v) is 5.24. The summed E-state index contributed by atoms with van der Waals surface area (Å²) >= 11 is 0. The smallest absolute Gasteiger partial charge is 0.264 e. The SMILES string of the molecule is O=C1C=C(c2ccc(CCNC(=O)c3ccccc3)cc2)S(O)(O)N1. The third-order valence-electron chi connectivity index (χ3n) is 3.79. The van der Waals surface area contributed by atoms with Gasteiger partial charge in [0, 0.05) is 18.2 Å². The highest BCUT2D eigenvalue weighted by Gasteiger charge is 2.29. The predicted molar refractivity (Wildman–Crippen MR) is 97.9 cm³/mol. The van der Waals surface area contributed by atoms with Gasteiger partial charge in [-0.3, -0.25) is 18.7 Å². The summed E-state index contributed by atoms with van der Waals surface area (Å²) in [6.07, 6.45) is 1.84. The fourth-order valence-electron chi connectivity index (χ4n) is 2.52. The van der Waals surface area contributed by atoms with Crippen molar-refractivity contribution in [1.29, 1.82) is 0 Å². The van der Waals surface area contributed by atoms with Crippen LogP contribution in [0.3, 0.4) is 0 Å². The lowest BCUT2D eigenvalue weighted by Gasteiger charge is -2.29. The molecular weight excluding hydrogens is 340 g/mol. The topological polar surface area (TPSA) is 98.7 Å². The maximum atomic E-state index is 12.0. The van der Waals surface area contributed by atoms with Gasteiger partial charge < -0.3 is 5.32 Å². The molecule has 0 saturated heterocycles. The number of hydrogen-bond acceptors (Lipinski definition) is 4. The molecule has 0 bridgehead atoms. The Morgan fingerprint density at radius 3 is 2.32 bits per heavy atom. The van der Waals surface area contributed by atoms with Crippen LogP contribution in [0.2, 0.25) is 0 Å². The van der Waals surface area contributed by atoms with E-state index >= 15 is 0 Å². The van der Waals surface area contributed by atoms with Crippen LogP contribution >= 0.6 is 10.8 Å². The molecule has 1 aliphatic heterocycles. The molecule has 2 aromatic rings. The summed E-state index contributed by atoms with van der Waals surface area (Å²) in [6, 6.07) is 16.1. The Hall–Kier alpha value is -2.61. The van der Waals surface area contributed by atoms with Gasteiger partial charge in [-0.2, -0.15) is 0 Å². The van der Waals surface area contributed by atoms with Crippen molar-refractivity contribution >= 4 is 27.5 Å². The van der Waals surface area contributed by atoms with E-state index in [1.165, 1.54) is 6.08 Å². The Morgan fingerprint density at radius 2 is 1.72 bits per heavy atom. The maximum Gasteiger partial charge on any atom is 0.264 e. The molecule has 7 heteroatoms. The maximum absolute atomic E-state index is 12.0. The summed E-state index contributed by atoms with van der Waals surface area (Å²) in [4.78, 5) is 23.5. The highest BCUT2D eigenvalue weighted by molar-refractivity contribution is 8.31. The first-order chi connectivity index (χ1) is 12.0. The molecule has 1 heterocycles. The van der Waals surface area contributed by atoms with E-state index in [1.54, 1.807) is 24.3 Å². The lowest BCUT2D eigenvalue weighted by molar-refractivity contribution is -0.114. The monoisotopic (exact) mass is 358 g/mol. The molecule has 0 aliphatic carbocycles. The van der Waals surface area contributed by atoms with Crippen molar-refractivity contribution in [2.45, 2.75) is 6.42 Å². The van der Waals surface area contributed by atoms with E-state index in [-0.39, 0.29) is 10.8 Å². The van der Waals surface area contributed by atoms with E-state index in [9.17, 15) is 18.7 Å². The summed E-state index contributed by atoms with van der Waals surface area (Å²) in [6.45, 7) is 0.491. The van der Waals surface area contributed by atoms with Crippen LogP contribution in [0.1, 0.15) is 21.5 Å². The number of nitrogens with one attached hydrogen (secondary N) is 2. The molecule has 130 valence electrons. The molecule has 6 nitrogen and oxygen atoms in total. The lowest BCUT2D eigenvalue weighted by Crippen LogP contribution is -2.25. The second-order valence-corrected chi connectivity index (χ2v) is 7.33. The van der Waals surface area contributed by atoms with Crippen LogP contribution in [-0.2, 0) is 11.2 Å². The van der Waals surface area contributed by atoms with Crippen molar-refractivity contribution in [3.63, 3.8) is 0 Å². The highest BCUT2D eigenvalue weighted by atomic mass is 32.3. The molecule has 0 spiro atoms. The number of rotatable bonds is 5. The summed E-state index contributed by atoms with van der Waals surface area (Å²) in [5.74, 6) is -0.630. The Morgan fingerprint density at radius 1 is 1.04 bits per heavy atom. The molecule has 2 amide bonds. The third kappa shape index (κ3) is 4.08. The summed E-state index contributed by atoms with van der Waals surface area (Å²) < 4.78 is 21.8. The largest absolute Gasteiger partial charge is 0.352 e. The molecule has 2 aromatic carbocycles. The second kappa shape index (κ2) is 7.10. The van der Waals surface area contributed by atoms with Gasteiger partial charge in [-0.15, -0.1) is 0 Å². The zero-order valence-electron chi connectivity index (χ0n) is 13.3. The molecular formula is C18H18N2O4S. The van der Waals surface area contributed by atoms with Crippen LogP contribution in [0.15, 0.2) is 60.7 Å². The Balaban J connectivity index is 1.58. The Labute approximate surface area is 147 Å². The average Bonchev–Trinajstić information content (AvgIpc) is 2.88. The number of hydrogen-bond donors (Lipinski definition) is 4. The van der Waals surface area contributed by atoms with Crippen molar-refractivity contribution in [1.82, 2.24) is 10.0 Å². The van der Waals surface area contributed by atoms with Gasteiger partial charge in [0.1, 0.15) is 0 Å². The fourth-order valence-corrected chi connectivity index (χ4v) is 3.71. The normalized spacial score (nSPS) is 16.7. The molecule has 4 N–H and O–H groups in total. The van der Waals surface area contributed by atoms with Gasteiger partial charge in [-0.1, -0.05) is 53.2 Å². The van der Waals surface area contributed by atoms with Crippen LogP contribution < -0.4 is 10.0 Å². The molecule has 3 rings (SSSR count). The van der Waals surface area contributed by atoms with Gasteiger partial charge in [0.2, 0.25) is 0 Å². The second-order valence-electron chi connectivity index (χ2n) is 5.59. The first kappa shape index (κ1) is 17.2. The van der Waals surface area contributed by atoms with Crippen LogP contribution in [0, 0.1) is 0 Å². The van der Waals surface area contributed by atoms with Crippen molar-refractivity contribution in [3.8, 4) is 0 Å². The van der Waals surface area contributed by atoms with Gasteiger partial charge in [0.05, 0.1) is 4.91 Å². The highest BCUT2D eigenvalue weighted by Crippen LogP contribution is 2.52. The zero-order valence-corrected chi connectivity index (χ0v) is 14.1. The molecule has 1 aliphatic rings. The fraction of sp³-hybridized carbons (Fsp3) is 0.111. The van der Waals surface area contributed by atoms with E-state index in [2.05, 4.69) is 10.0 Å². The minimum atomic E-state index is -3.26. The van der Waals surface area contributed by atoms with Gasteiger partial charge >= 0.3 is 0 Å². The Bertz CT molecular complexity index is 817. The lowest BCUT2D eigenvalue weighted by atomic mass is 10.1. The number of carbonyl (C=O) groups is 2. The molecule has 0 fully saturated rings. The van der Waals surface area contributed by atoms with Crippen molar-refractivity contribution in [3.05, 3.63) is 77.4 Å². The van der Waals surface area contributed by atoms with Crippen LogP contribution in [0.4, 0.5) is 0 Å². The number of carbonyl (C=O) groups excluding carboxylic acids is 2. The first-order valence-corrected chi connectivity index (χ1v) is 9.24. The molecule has 0 atom stereocenters. The van der Waals surface area contributed by atoms with E-state index in [4.69, 9.17) is 0 Å². The predicted octanol–water partition coefficient (Wildman–Crippen LogP) is 2.80. The summed E-state index contributed by atoms with van der Waals surface area (Å²) in [5.41, 5.74) is 2.19. The van der Waals surface area contributed by atoms with Crippen molar-refractivity contribution in [2.75, 3.05) is 6.54 Å². The van der Waals surface area contributed by atoms with Gasteiger partial charge in [-0.25, -0.2) is 4.72 Å². The molecule has 25 heavy (non-hydrogen) atoms. The quantitative estimate of drug-likeness (QED) is 0.660. The molecule has 0 saturated carbocycles. The van der Waals surface area contributed by atoms with Crippen molar-refractivity contribution in [2.24, 2.45) is 0 Å². The van der Waals surface area contributed by atoms with Crippen LogP contribution in [0.5, 0.6) is 0 Å². The summed E-state index contributed by atoms with van der Waals surface area (Å²) in [7, 11) is -3.26. The molecule has 0 aromatic heterocycles. The zero-order chi connectivity index (χ0) is 17.9. The van der Waals surface area contributed by atoms with E-state index in [0.717, 1.165) is 5.56 Å². The average molecular weight is 358 g/mol. The van der Waals surface area contributed by atoms with Crippen LogP contribution in [-0.4, -0.2) is 27.5 Å². The van der Waals surface area contributed by atoms with Crippen LogP contribution in [0.25, 0.3) is 4.91 Å². The van der Waals surface area contributed by atoms with Gasteiger partial charge in [0.25, 0.3) is 11.8 Å². The number of amides is 2. The Kier molecular flexibility index (Phi) is 4.89. The standard InChI is InChI=1S/C18H18N2O4S/c21-17-12-16(25(23,24)20-17)14-8-6-13(7-9-14)10-11-19-18(22)15-4-2-1-3-5-15/h1-9,12,23-24H,10-11H2,(H,19,22)(H,20,21). The minimum Gasteiger partial charge on any atom is -0.352 e. The summed E-state index contributed by atoms with van der Waals surface area (Å²) in [5, 5.41) is 2.86. The van der Waals surface area contributed by atoms with Crippen molar-refractivity contribution < 1.29 is 18.7 Å². The number of benzene rings is 2. The van der Waals surface area contributed by atoms with E-state index in [1.807, 2.05) is 30.3 Å². The first-order valence-electron chi connectivity index (χ1n) is 7.70. The molecule has 0 radical (unpaired) electrons. The van der Waals surface area contributed by atoms with Gasteiger partial charge in [-0.05, 0) is 29.7 Å². The van der Waals surface area contributed by atoms with Gasteiger partial charge in [0.15, 0.2) is 0 Å². The van der Waals surface area contributed by atoms with E-state index in [0.29, 0.717) is 24.1 Å².